The van der Waals surface area contributed by atoms with Gasteiger partial charge in [-0.1, -0.05) is 41.3 Å². The fourth-order valence-electron chi connectivity index (χ4n) is 4.83. The number of Topliss-reactive ketones (excluding diaryl/α,β-unsaturated/α-hetero) is 1. The minimum absolute atomic E-state index is 0.0174. The zero-order valence-electron chi connectivity index (χ0n) is 21.7. The molecule has 5 rings (SSSR count). The second-order valence-electron chi connectivity index (χ2n) is 9.09. The molecule has 41 heavy (non-hydrogen) atoms. The third-order valence-corrected chi connectivity index (χ3v) is 8.64. The minimum atomic E-state index is -0.631. The summed E-state index contributed by atoms with van der Waals surface area (Å²) in [5.74, 6) is -0.303. The van der Waals surface area contributed by atoms with E-state index >= 15 is 0 Å². The molecule has 0 radical (unpaired) electrons. The minimum Gasteiger partial charge on any atom is -0.497 e. The summed E-state index contributed by atoms with van der Waals surface area (Å²) in [5.41, 5.74) is 8.93. The first kappa shape index (κ1) is 27.8. The van der Waals surface area contributed by atoms with Crippen LogP contribution in [-0.4, -0.2) is 39.7 Å². The standard InChI is InChI=1S/C27H23N7O5S2/c1-39-18-8-2-5-15(11-18)23-19(13-28)25(29)33(20-9-4-10-21(35)24(20)23)26-31-32-27(41-26)40-14-22(36)30-16-6-3-7-17(12-16)34(37)38/h2-3,5-8,11-12,23H,4,9-10,14,29H2,1H3,(H,30,36). The number of nitriles is 1. The number of nitrogens with two attached hydrogens (primary N) is 1. The lowest BCUT2D eigenvalue weighted by molar-refractivity contribution is -0.384. The Labute approximate surface area is 242 Å². The molecular weight excluding hydrogens is 566 g/mol. The maximum Gasteiger partial charge on any atom is 0.271 e. The number of rotatable bonds is 8. The number of amides is 1. The summed E-state index contributed by atoms with van der Waals surface area (Å²) in [6, 6.07) is 15.1. The molecule has 1 atom stereocenters. The highest BCUT2D eigenvalue weighted by Crippen LogP contribution is 2.47. The van der Waals surface area contributed by atoms with E-state index in [9.17, 15) is 25.0 Å². The van der Waals surface area contributed by atoms with E-state index in [1.807, 2.05) is 12.1 Å². The van der Waals surface area contributed by atoms with Gasteiger partial charge in [-0.3, -0.25) is 24.6 Å². The first-order valence-electron chi connectivity index (χ1n) is 12.4. The van der Waals surface area contributed by atoms with Crippen LogP contribution in [0.1, 0.15) is 30.7 Å². The molecule has 3 aromatic rings. The Morgan fingerprint density at radius 2 is 2.10 bits per heavy atom. The molecule has 0 saturated heterocycles. The fraction of sp³-hybridized carbons (Fsp3) is 0.222. The molecule has 0 bridgehead atoms. The molecule has 1 amide bonds. The lowest BCUT2D eigenvalue weighted by atomic mass is 9.76. The van der Waals surface area contributed by atoms with Crippen molar-refractivity contribution < 1.29 is 19.2 Å². The summed E-state index contributed by atoms with van der Waals surface area (Å²) in [7, 11) is 1.55. The maximum atomic E-state index is 13.3. The van der Waals surface area contributed by atoms with Crippen LogP contribution < -0.4 is 20.7 Å². The highest BCUT2D eigenvalue weighted by atomic mass is 32.2. The van der Waals surface area contributed by atoms with Crippen LogP contribution in [0.5, 0.6) is 5.75 Å². The molecule has 208 valence electrons. The molecule has 1 aliphatic carbocycles. The Bertz CT molecular complexity index is 1660. The van der Waals surface area contributed by atoms with E-state index in [1.54, 1.807) is 30.2 Å². The molecule has 0 fully saturated rings. The first-order valence-corrected chi connectivity index (χ1v) is 14.2. The Balaban J connectivity index is 1.40. The second-order valence-corrected chi connectivity index (χ2v) is 11.3. The van der Waals surface area contributed by atoms with Crippen LogP contribution in [0.2, 0.25) is 0 Å². The average Bonchev–Trinajstić information content (AvgIpc) is 3.44. The SMILES string of the molecule is COc1cccc(C2C(C#N)=C(N)N(c3nnc(SCC(=O)Nc4cccc([N+](=O)[O-])c4)s3)C3=C2C(=O)CCC3)c1. The number of non-ortho nitro benzene ring substituents is 1. The Morgan fingerprint density at radius 1 is 1.29 bits per heavy atom. The van der Waals surface area contributed by atoms with Gasteiger partial charge in [0.2, 0.25) is 11.0 Å². The third kappa shape index (κ3) is 5.63. The molecule has 0 spiro atoms. The van der Waals surface area contributed by atoms with Crippen molar-refractivity contribution in [3.63, 3.8) is 0 Å². The number of benzene rings is 2. The predicted octanol–water partition coefficient (Wildman–Crippen LogP) is 4.49. The molecule has 1 aromatic heterocycles. The fourth-order valence-corrected chi connectivity index (χ4v) is 6.51. The Kier molecular flexibility index (Phi) is 7.99. The first-order chi connectivity index (χ1) is 19.8. The van der Waals surface area contributed by atoms with Gasteiger partial charge in [0.1, 0.15) is 11.6 Å². The zero-order chi connectivity index (χ0) is 29.1. The highest BCUT2D eigenvalue weighted by molar-refractivity contribution is 8.01. The number of hydrogen-bond donors (Lipinski definition) is 2. The van der Waals surface area contributed by atoms with Gasteiger partial charge in [0, 0.05) is 35.5 Å². The number of allylic oxidation sites excluding steroid dienone is 3. The van der Waals surface area contributed by atoms with E-state index < -0.39 is 10.8 Å². The number of nitro groups is 1. The van der Waals surface area contributed by atoms with E-state index in [2.05, 4.69) is 21.6 Å². The van der Waals surface area contributed by atoms with E-state index in [0.29, 0.717) is 51.4 Å². The summed E-state index contributed by atoms with van der Waals surface area (Å²) in [5, 5.41) is 32.6. The number of methoxy groups -OCH3 is 1. The molecule has 0 saturated carbocycles. The maximum absolute atomic E-state index is 13.3. The van der Waals surface area contributed by atoms with E-state index in [-0.39, 0.29) is 34.5 Å². The average molecular weight is 590 g/mol. The molecular formula is C27H23N7O5S2. The van der Waals surface area contributed by atoms with Gasteiger partial charge < -0.3 is 15.8 Å². The normalized spacial score (nSPS) is 16.7. The Hall–Kier alpha value is -4.74. The van der Waals surface area contributed by atoms with Crippen molar-refractivity contribution in [3.8, 4) is 11.8 Å². The second kappa shape index (κ2) is 11.8. The molecule has 1 unspecified atom stereocenters. The number of nitrogens with one attached hydrogen (secondary N) is 1. The van der Waals surface area contributed by atoms with Crippen LogP contribution in [0.4, 0.5) is 16.5 Å². The summed E-state index contributed by atoms with van der Waals surface area (Å²) in [6.07, 6.45) is 1.56. The van der Waals surface area contributed by atoms with Crippen molar-refractivity contribution in [2.75, 3.05) is 23.1 Å². The molecule has 2 aromatic carbocycles. The number of carbonyl (C=O) groups excluding carboxylic acids is 2. The topological polar surface area (TPSA) is 177 Å². The van der Waals surface area contributed by atoms with Crippen molar-refractivity contribution in [1.29, 1.82) is 5.26 Å². The van der Waals surface area contributed by atoms with Crippen LogP contribution in [0.25, 0.3) is 0 Å². The third-order valence-electron chi connectivity index (χ3n) is 6.59. The summed E-state index contributed by atoms with van der Waals surface area (Å²) in [6.45, 7) is 0. The van der Waals surface area contributed by atoms with Crippen LogP contribution in [-0.2, 0) is 9.59 Å². The van der Waals surface area contributed by atoms with Crippen LogP contribution in [0.15, 0.2) is 75.5 Å². The van der Waals surface area contributed by atoms with Crippen molar-refractivity contribution >= 4 is 51.3 Å². The molecule has 2 heterocycles. The largest absolute Gasteiger partial charge is 0.497 e. The summed E-state index contributed by atoms with van der Waals surface area (Å²) in [4.78, 5) is 37.8. The van der Waals surface area contributed by atoms with Crippen molar-refractivity contribution in [1.82, 2.24) is 10.2 Å². The van der Waals surface area contributed by atoms with E-state index in [4.69, 9.17) is 10.5 Å². The number of nitrogens with zero attached hydrogens (tertiary/aromatic N) is 5. The number of ether oxygens (including phenoxy) is 1. The van der Waals surface area contributed by atoms with Gasteiger partial charge in [0.15, 0.2) is 10.1 Å². The van der Waals surface area contributed by atoms with Gasteiger partial charge in [-0.2, -0.15) is 5.26 Å². The van der Waals surface area contributed by atoms with Crippen molar-refractivity contribution in [2.24, 2.45) is 5.73 Å². The van der Waals surface area contributed by atoms with Gasteiger partial charge >= 0.3 is 0 Å². The van der Waals surface area contributed by atoms with Crippen LogP contribution >= 0.6 is 23.1 Å². The van der Waals surface area contributed by atoms with Gasteiger partial charge in [-0.05, 0) is 36.6 Å². The van der Waals surface area contributed by atoms with Crippen molar-refractivity contribution in [2.45, 2.75) is 29.5 Å². The molecule has 14 heteroatoms. The number of carbonyl (C=O) groups is 2. The predicted molar refractivity (Wildman–Crippen MR) is 153 cm³/mol. The summed E-state index contributed by atoms with van der Waals surface area (Å²) >= 11 is 2.31. The van der Waals surface area contributed by atoms with Gasteiger partial charge in [-0.15, -0.1) is 10.2 Å². The monoisotopic (exact) mass is 589 g/mol. The van der Waals surface area contributed by atoms with Crippen molar-refractivity contribution in [3.05, 3.63) is 86.9 Å². The number of hydrogen-bond acceptors (Lipinski definition) is 12. The quantitative estimate of drug-likeness (QED) is 0.215. The summed E-state index contributed by atoms with van der Waals surface area (Å²) < 4.78 is 5.84. The lowest BCUT2D eigenvalue weighted by Crippen LogP contribution is -2.38. The van der Waals surface area contributed by atoms with E-state index in [0.717, 1.165) is 17.3 Å². The lowest BCUT2D eigenvalue weighted by Gasteiger charge is -2.38. The smallest absolute Gasteiger partial charge is 0.271 e. The molecule has 1 aliphatic heterocycles. The Morgan fingerprint density at radius 3 is 2.85 bits per heavy atom. The van der Waals surface area contributed by atoms with Crippen LogP contribution in [0, 0.1) is 21.4 Å². The van der Waals surface area contributed by atoms with Crippen LogP contribution in [0.3, 0.4) is 0 Å². The number of thioether (sulfide) groups is 1. The number of anilines is 2. The van der Waals surface area contributed by atoms with Gasteiger partial charge in [0.05, 0.1) is 35.3 Å². The van der Waals surface area contributed by atoms with Gasteiger partial charge in [0.25, 0.3) is 5.69 Å². The molecule has 2 aliphatic rings. The number of aromatic nitrogens is 2. The molecule has 3 N–H and O–H groups in total. The number of nitro benzene ring substituents is 1. The highest BCUT2D eigenvalue weighted by Gasteiger charge is 2.41. The molecule has 12 nitrogen and oxygen atoms in total. The van der Waals surface area contributed by atoms with E-state index in [1.165, 1.54) is 29.5 Å². The number of ketones is 1. The van der Waals surface area contributed by atoms with Gasteiger partial charge in [-0.25, -0.2) is 0 Å². The zero-order valence-corrected chi connectivity index (χ0v) is 23.3.